The molecule has 1 heterocycles. The first-order valence-electron chi connectivity index (χ1n) is 10.4. The van der Waals surface area contributed by atoms with Crippen molar-refractivity contribution in [2.24, 2.45) is 5.92 Å². The van der Waals surface area contributed by atoms with Crippen molar-refractivity contribution < 1.29 is 31.1 Å². The van der Waals surface area contributed by atoms with Gasteiger partial charge in [-0.3, -0.25) is 0 Å². The number of halogens is 3. The molecule has 2 aromatic carbocycles. The number of fused-ring (bicyclic) bond motifs is 1. The molecule has 4 rings (SSSR count). The average molecular weight is 481 g/mol. The van der Waals surface area contributed by atoms with Crippen molar-refractivity contribution in [1.29, 1.82) is 5.26 Å². The van der Waals surface area contributed by atoms with Crippen LogP contribution in [0.3, 0.4) is 0 Å². The van der Waals surface area contributed by atoms with E-state index >= 15 is 0 Å². The predicted molar refractivity (Wildman–Crippen MR) is 113 cm³/mol. The summed E-state index contributed by atoms with van der Waals surface area (Å²) < 4.78 is 74.5. The Labute approximate surface area is 189 Å². The van der Waals surface area contributed by atoms with Gasteiger partial charge in [-0.15, -0.1) is 13.2 Å². The van der Waals surface area contributed by atoms with E-state index in [1.54, 1.807) is 6.07 Å². The summed E-state index contributed by atoms with van der Waals surface area (Å²) in [6.07, 6.45) is -1.71. The van der Waals surface area contributed by atoms with Gasteiger partial charge in [-0.25, -0.2) is 13.1 Å². The third kappa shape index (κ3) is 5.58. The van der Waals surface area contributed by atoms with E-state index in [9.17, 15) is 26.9 Å². The molecule has 11 heteroatoms. The number of benzene rings is 2. The molecule has 7 nitrogen and oxygen atoms in total. The molecule has 1 saturated carbocycles. The molecule has 2 N–H and O–H groups in total. The van der Waals surface area contributed by atoms with E-state index in [0.717, 1.165) is 38.0 Å². The Morgan fingerprint density at radius 2 is 2.03 bits per heavy atom. The highest BCUT2D eigenvalue weighted by Crippen LogP contribution is 2.40. The molecule has 33 heavy (non-hydrogen) atoms. The smallest absolute Gasteiger partial charge is 0.406 e. The zero-order chi connectivity index (χ0) is 23.6. The number of hydrogen-bond donors (Lipinski definition) is 2. The Hall–Kier alpha value is -2.81. The van der Waals surface area contributed by atoms with Crippen molar-refractivity contribution in [3.63, 3.8) is 0 Å². The summed E-state index contributed by atoms with van der Waals surface area (Å²) in [5.74, 6) is -0.0598. The van der Waals surface area contributed by atoms with E-state index in [1.165, 1.54) is 24.3 Å². The Bertz CT molecular complexity index is 1160. The third-order valence-corrected chi connectivity index (χ3v) is 7.25. The summed E-state index contributed by atoms with van der Waals surface area (Å²) >= 11 is 0. The summed E-state index contributed by atoms with van der Waals surface area (Å²) in [5.41, 5.74) is 1.04. The maximum absolute atomic E-state index is 12.7. The van der Waals surface area contributed by atoms with Crippen LogP contribution in [0.2, 0.25) is 0 Å². The van der Waals surface area contributed by atoms with Gasteiger partial charge in [0.25, 0.3) is 0 Å². The fraction of sp³-hybridized carbons (Fsp3) is 0.409. The molecule has 1 saturated heterocycles. The summed E-state index contributed by atoms with van der Waals surface area (Å²) in [6.45, 7) is 0.529. The van der Waals surface area contributed by atoms with Crippen LogP contribution in [0.5, 0.6) is 5.75 Å². The Kier molecular flexibility index (Phi) is 6.52. The van der Waals surface area contributed by atoms with E-state index in [1.807, 2.05) is 6.07 Å². The number of nitrogens with one attached hydrogen (secondary N) is 2. The molecule has 2 fully saturated rings. The van der Waals surface area contributed by atoms with Crippen molar-refractivity contribution in [1.82, 2.24) is 4.72 Å². The van der Waals surface area contributed by atoms with Gasteiger partial charge in [0.2, 0.25) is 10.0 Å². The number of nitrogens with zero attached hydrogens (tertiary/aromatic N) is 1. The van der Waals surface area contributed by atoms with E-state index in [4.69, 9.17) is 4.74 Å². The van der Waals surface area contributed by atoms with Gasteiger partial charge in [0, 0.05) is 25.1 Å². The molecule has 2 aromatic rings. The minimum Gasteiger partial charge on any atom is -0.406 e. The molecule has 0 spiro atoms. The minimum atomic E-state index is -4.84. The molecule has 0 radical (unpaired) electrons. The molecule has 176 valence electrons. The van der Waals surface area contributed by atoms with E-state index in [2.05, 4.69) is 14.8 Å². The summed E-state index contributed by atoms with van der Waals surface area (Å²) in [5, 5.41) is 12.9. The molecule has 0 unspecified atom stereocenters. The van der Waals surface area contributed by atoms with Gasteiger partial charge in [0.15, 0.2) is 0 Å². The minimum absolute atomic E-state index is 0.111. The van der Waals surface area contributed by atoms with Crippen LogP contribution in [-0.4, -0.2) is 33.5 Å². The lowest BCUT2D eigenvalue weighted by Crippen LogP contribution is -2.53. The van der Waals surface area contributed by atoms with Crippen molar-refractivity contribution in [3.05, 3.63) is 53.6 Å². The SMILES string of the molecule is N#Cc1cc(S(=O)(=O)NCc2cccc(OC(F)(F)F)c2)ccc1N[C@@H]1C[C@@H]2OCCC[C@@H]21. The van der Waals surface area contributed by atoms with Crippen LogP contribution < -0.4 is 14.8 Å². The first kappa shape index (κ1) is 23.4. The van der Waals surface area contributed by atoms with Crippen LogP contribution >= 0.6 is 0 Å². The lowest BCUT2D eigenvalue weighted by molar-refractivity contribution is -0.274. The zero-order valence-corrected chi connectivity index (χ0v) is 18.2. The maximum Gasteiger partial charge on any atom is 0.573 e. The van der Waals surface area contributed by atoms with Crippen LogP contribution in [0.1, 0.15) is 30.4 Å². The van der Waals surface area contributed by atoms with Gasteiger partial charge in [-0.1, -0.05) is 12.1 Å². The van der Waals surface area contributed by atoms with Crippen molar-refractivity contribution in [2.75, 3.05) is 11.9 Å². The highest BCUT2D eigenvalue weighted by atomic mass is 32.2. The second-order valence-electron chi connectivity index (χ2n) is 8.04. The van der Waals surface area contributed by atoms with Crippen LogP contribution in [0.15, 0.2) is 47.4 Å². The molecule has 2 aliphatic rings. The predicted octanol–water partition coefficient (Wildman–Crippen LogP) is 3.91. The molecule has 3 atom stereocenters. The van der Waals surface area contributed by atoms with Crippen LogP contribution in [0.4, 0.5) is 18.9 Å². The topological polar surface area (TPSA) is 100 Å². The third-order valence-electron chi connectivity index (χ3n) is 5.86. The van der Waals surface area contributed by atoms with Crippen molar-refractivity contribution in [3.8, 4) is 11.8 Å². The van der Waals surface area contributed by atoms with Gasteiger partial charge in [-0.05, 0) is 55.2 Å². The van der Waals surface area contributed by atoms with Crippen LogP contribution in [0.25, 0.3) is 0 Å². The lowest BCUT2D eigenvalue weighted by Gasteiger charge is -2.48. The lowest BCUT2D eigenvalue weighted by atomic mass is 9.72. The average Bonchev–Trinajstić information content (AvgIpc) is 2.75. The standard InChI is InChI=1S/C22H22F3N3O4S/c23-22(24,25)32-16-4-1-3-14(9-16)13-27-33(29,30)17-6-7-19(15(10-17)12-26)28-20-11-21-18(20)5-2-8-31-21/h1,3-4,6-7,9-10,18,20-21,27-28H,2,5,8,11,13H2/t18-,20-,21+/m1/s1. The molecule has 0 aromatic heterocycles. The maximum atomic E-state index is 12.7. The fourth-order valence-electron chi connectivity index (χ4n) is 4.18. The van der Waals surface area contributed by atoms with Gasteiger partial charge < -0.3 is 14.8 Å². The van der Waals surface area contributed by atoms with Gasteiger partial charge in [0.05, 0.1) is 22.3 Å². The highest BCUT2D eigenvalue weighted by Gasteiger charge is 2.43. The Balaban J connectivity index is 1.43. The van der Waals surface area contributed by atoms with Gasteiger partial charge in [0.1, 0.15) is 11.8 Å². The zero-order valence-electron chi connectivity index (χ0n) is 17.4. The highest BCUT2D eigenvalue weighted by molar-refractivity contribution is 7.89. The Morgan fingerprint density at radius 1 is 1.21 bits per heavy atom. The second kappa shape index (κ2) is 9.21. The number of ether oxygens (including phenoxy) is 2. The number of anilines is 1. The second-order valence-corrected chi connectivity index (χ2v) is 9.81. The first-order valence-corrected chi connectivity index (χ1v) is 11.9. The van der Waals surface area contributed by atoms with Gasteiger partial charge in [-0.2, -0.15) is 5.26 Å². The Morgan fingerprint density at radius 3 is 2.76 bits per heavy atom. The van der Waals surface area contributed by atoms with Crippen molar-refractivity contribution >= 4 is 15.7 Å². The molecular formula is C22H22F3N3O4S. The summed E-state index contributed by atoms with van der Waals surface area (Å²) in [6, 6.07) is 11.5. The molecule has 1 aliphatic carbocycles. The summed E-state index contributed by atoms with van der Waals surface area (Å²) in [4.78, 5) is -0.111. The van der Waals surface area contributed by atoms with E-state index in [0.29, 0.717) is 11.6 Å². The fourth-order valence-corrected chi connectivity index (χ4v) is 5.23. The number of rotatable bonds is 7. The number of nitriles is 1. The molecular weight excluding hydrogens is 459 g/mol. The number of alkyl halides is 3. The summed E-state index contributed by atoms with van der Waals surface area (Å²) in [7, 11) is -4.01. The molecule has 1 aliphatic heterocycles. The number of sulfonamides is 1. The first-order chi connectivity index (χ1) is 15.6. The molecule has 0 bridgehead atoms. The number of hydrogen-bond acceptors (Lipinski definition) is 6. The largest absolute Gasteiger partial charge is 0.573 e. The van der Waals surface area contributed by atoms with Crippen LogP contribution in [-0.2, 0) is 21.3 Å². The molecule has 0 amide bonds. The normalized spacial score (nSPS) is 22.5. The van der Waals surface area contributed by atoms with E-state index < -0.39 is 22.1 Å². The van der Waals surface area contributed by atoms with Crippen molar-refractivity contribution in [2.45, 2.75) is 49.2 Å². The van der Waals surface area contributed by atoms with Crippen LogP contribution in [0, 0.1) is 17.2 Å². The monoisotopic (exact) mass is 481 g/mol. The quantitative estimate of drug-likeness (QED) is 0.622. The van der Waals surface area contributed by atoms with Gasteiger partial charge >= 0.3 is 6.36 Å². The van der Waals surface area contributed by atoms with E-state index in [-0.39, 0.29) is 34.7 Å².